The van der Waals surface area contributed by atoms with Crippen LogP contribution in [0.3, 0.4) is 0 Å². The quantitative estimate of drug-likeness (QED) is 0.105. The normalized spacial score (nSPS) is 21.0. The molecule has 1 aliphatic carbocycles. The number of hydrogen-bond donors (Lipinski definition) is 0. The van der Waals surface area contributed by atoms with Crippen molar-refractivity contribution in [3.05, 3.63) is 158 Å². The second-order valence-electron chi connectivity index (χ2n) is 12.3. The molecule has 5 heteroatoms. The summed E-state index contributed by atoms with van der Waals surface area (Å²) < 4.78 is 20.2. The van der Waals surface area contributed by atoms with Crippen molar-refractivity contribution in [2.24, 2.45) is 5.92 Å². The average molecular weight is 813 g/mol. The first kappa shape index (κ1) is 33.5. The molecule has 0 N–H and O–H groups in total. The molecule has 2 aliphatic rings. The summed E-state index contributed by atoms with van der Waals surface area (Å²) in [4.78, 5) is 0. The molecule has 4 aromatic carbocycles. The molecule has 2 fully saturated rings. The first-order chi connectivity index (χ1) is 20.3. The van der Waals surface area contributed by atoms with Crippen molar-refractivity contribution in [2.45, 2.75) is 50.5 Å². The maximum atomic E-state index is 7.27. The van der Waals surface area contributed by atoms with Gasteiger partial charge in [-0.1, -0.05) is 129 Å². The zero-order valence-electron chi connectivity index (χ0n) is 25.5. The molecular formula is C38H42O3SiU. The fraction of sp³-hybridized carbons (Fsp3) is 0.263. The zero-order chi connectivity index (χ0) is 29.6. The molecule has 2 bridgehead atoms. The molecule has 1 heterocycles. The predicted octanol–water partition coefficient (Wildman–Crippen LogP) is 7.52. The summed E-state index contributed by atoms with van der Waals surface area (Å²) in [5, 5.41) is 2.45. The minimum atomic E-state index is -2.68. The standard InChI is InChI=1S/C31H35O3Si.C7H7.U/c1-24-20-31(29(28(24)22-33-31)32-21-25-14-8-5-9-15-25)23-34-35(30(2,3)4,26-16-10-6-11-17-26)27-18-12-7-13-19-27;1-7-5-3-2-4-6-7;/h5-19,22,28-29H,1,20-21,23H2,2-4H3;2-6H,1H2;/q2*-1;+2/t28-,29+,31-;;/m0../s1. The Morgan fingerprint density at radius 1 is 0.837 bits per heavy atom. The Kier molecular flexibility index (Phi) is 11.4. The summed E-state index contributed by atoms with van der Waals surface area (Å²) in [6.45, 7) is 17.9. The third-order valence-corrected chi connectivity index (χ3v) is 13.3. The topological polar surface area (TPSA) is 27.7 Å². The van der Waals surface area contributed by atoms with E-state index >= 15 is 0 Å². The molecule has 4 aromatic rings. The van der Waals surface area contributed by atoms with Crippen LogP contribution in [0.1, 0.15) is 38.3 Å². The number of benzene rings is 4. The number of fused-ring (bicyclic) bond motifs is 2. The molecule has 3 atom stereocenters. The van der Waals surface area contributed by atoms with E-state index in [-0.39, 0.29) is 48.2 Å². The van der Waals surface area contributed by atoms with E-state index in [4.69, 9.17) is 13.9 Å². The molecule has 1 aliphatic heterocycles. The smallest absolute Gasteiger partial charge is 0.543 e. The van der Waals surface area contributed by atoms with E-state index in [2.05, 4.69) is 107 Å². The largest absolute Gasteiger partial charge is 2.00 e. The average Bonchev–Trinajstić information content (AvgIpc) is 3.48. The number of rotatable bonds is 8. The Morgan fingerprint density at radius 2 is 1.33 bits per heavy atom. The fourth-order valence-corrected chi connectivity index (χ4v) is 10.9. The first-order valence-corrected chi connectivity index (χ1v) is 16.6. The number of hydrogen-bond acceptors (Lipinski definition) is 3. The van der Waals surface area contributed by atoms with E-state index in [0.29, 0.717) is 13.2 Å². The van der Waals surface area contributed by atoms with Crippen molar-refractivity contribution in [2.75, 3.05) is 6.61 Å². The van der Waals surface area contributed by atoms with E-state index in [1.165, 1.54) is 15.9 Å². The Bertz CT molecular complexity index is 1380. The van der Waals surface area contributed by atoms with Gasteiger partial charge in [-0.3, -0.25) is 0 Å². The van der Waals surface area contributed by atoms with Crippen molar-refractivity contribution >= 4 is 18.7 Å². The van der Waals surface area contributed by atoms with Crippen LogP contribution in [-0.4, -0.2) is 26.6 Å². The van der Waals surface area contributed by atoms with Crippen LogP contribution >= 0.6 is 0 Å². The van der Waals surface area contributed by atoms with Gasteiger partial charge in [0.25, 0.3) is 8.32 Å². The molecule has 1 saturated carbocycles. The maximum Gasteiger partial charge on any atom is 2.00 e. The van der Waals surface area contributed by atoms with E-state index in [1.807, 2.05) is 55.1 Å². The van der Waals surface area contributed by atoms with Crippen molar-refractivity contribution in [3.63, 3.8) is 0 Å². The summed E-state index contributed by atoms with van der Waals surface area (Å²) in [6.07, 6.45) is 0.652. The minimum absolute atomic E-state index is 0. The predicted molar refractivity (Wildman–Crippen MR) is 175 cm³/mol. The minimum Gasteiger partial charge on any atom is -0.543 e. The Labute approximate surface area is 283 Å². The van der Waals surface area contributed by atoms with E-state index < -0.39 is 13.9 Å². The summed E-state index contributed by atoms with van der Waals surface area (Å²) in [7, 11) is -2.68. The van der Waals surface area contributed by atoms with Gasteiger partial charge in [0.05, 0.1) is 24.9 Å². The van der Waals surface area contributed by atoms with Gasteiger partial charge in [0.1, 0.15) is 0 Å². The van der Waals surface area contributed by atoms with Crippen LogP contribution in [0.4, 0.5) is 0 Å². The van der Waals surface area contributed by atoms with Gasteiger partial charge in [-0.25, -0.2) is 6.61 Å². The summed E-state index contributed by atoms with van der Waals surface area (Å²) in [5.41, 5.74) is 2.85. The molecule has 0 unspecified atom stereocenters. The maximum absolute atomic E-state index is 7.27. The molecule has 0 amide bonds. The third kappa shape index (κ3) is 7.31. The monoisotopic (exact) mass is 812 g/mol. The third-order valence-electron chi connectivity index (χ3n) is 8.36. The van der Waals surface area contributed by atoms with E-state index in [1.54, 1.807) is 0 Å². The van der Waals surface area contributed by atoms with Gasteiger partial charge >= 0.3 is 31.1 Å². The van der Waals surface area contributed by atoms with Crippen molar-refractivity contribution in [1.82, 2.24) is 0 Å². The van der Waals surface area contributed by atoms with E-state index in [0.717, 1.165) is 17.5 Å². The van der Waals surface area contributed by atoms with Crippen molar-refractivity contribution in [1.29, 1.82) is 0 Å². The molecule has 1 saturated heterocycles. The Hall–Kier alpha value is -2.36. The van der Waals surface area contributed by atoms with Crippen molar-refractivity contribution < 1.29 is 45.0 Å². The molecule has 0 spiro atoms. The molecule has 220 valence electrons. The Balaban J connectivity index is 0.000000466. The number of ether oxygens (including phenoxy) is 2. The van der Waals surface area contributed by atoms with Crippen LogP contribution in [0.15, 0.2) is 133 Å². The molecule has 43 heavy (non-hydrogen) atoms. The molecule has 0 radical (unpaired) electrons. The molecule has 3 nitrogen and oxygen atoms in total. The zero-order valence-corrected chi connectivity index (χ0v) is 30.7. The van der Waals surface area contributed by atoms with Crippen LogP contribution in [0, 0.1) is 50.6 Å². The Morgan fingerprint density at radius 3 is 1.77 bits per heavy atom. The second kappa shape index (κ2) is 14.6. The van der Waals surface area contributed by atoms with Gasteiger partial charge < -0.3 is 13.9 Å². The van der Waals surface area contributed by atoms with Crippen LogP contribution < -0.4 is 10.4 Å². The van der Waals surface area contributed by atoms with Crippen molar-refractivity contribution in [3.8, 4) is 0 Å². The van der Waals surface area contributed by atoms with Gasteiger partial charge in [0.2, 0.25) is 0 Å². The van der Waals surface area contributed by atoms with Crippen LogP contribution in [0.25, 0.3) is 0 Å². The molecule has 0 aromatic heterocycles. The van der Waals surface area contributed by atoms with Gasteiger partial charge in [0.15, 0.2) is 0 Å². The first-order valence-electron chi connectivity index (χ1n) is 14.7. The van der Waals surface area contributed by atoms with Gasteiger partial charge in [-0.2, -0.15) is 24.6 Å². The molecular weight excluding hydrogens is 771 g/mol. The van der Waals surface area contributed by atoms with Crippen LogP contribution in [0.5, 0.6) is 0 Å². The van der Waals surface area contributed by atoms with Gasteiger partial charge in [-0.05, 0) is 27.4 Å². The van der Waals surface area contributed by atoms with Gasteiger partial charge in [-0.15, -0.1) is 18.7 Å². The fourth-order valence-electron chi connectivity index (χ4n) is 6.28. The molecule has 6 rings (SSSR count). The van der Waals surface area contributed by atoms with Gasteiger partial charge in [0, 0.05) is 0 Å². The summed E-state index contributed by atoms with van der Waals surface area (Å²) in [5.74, 6) is 0.0986. The SMILES string of the molecule is C=C1C[C@@]2(CO[Si](c3ccccc3)(c3ccccc3)C(C)(C)C)O[CH-][C@@H]1[C@H]2OCc1ccccc1.[CH2-]c1ccccc1.[U+2]. The van der Waals surface area contributed by atoms with E-state index in [9.17, 15) is 0 Å². The second-order valence-corrected chi connectivity index (χ2v) is 16.6. The summed E-state index contributed by atoms with van der Waals surface area (Å²) in [6, 6.07) is 41.7. The van der Waals surface area contributed by atoms with Crippen LogP contribution in [-0.2, 0) is 20.5 Å². The van der Waals surface area contributed by atoms with Crippen LogP contribution in [0.2, 0.25) is 5.04 Å². The summed E-state index contributed by atoms with van der Waals surface area (Å²) >= 11 is 0.